The lowest BCUT2D eigenvalue weighted by Gasteiger charge is -2.32. The number of rotatable bonds is 7. The van der Waals surface area contributed by atoms with E-state index in [0.717, 1.165) is 5.56 Å². The van der Waals surface area contributed by atoms with Crippen molar-refractivity contribution in [1.82, 2.24) is 15.0 Å². The minimum Gasteiger partial charge on any atom is -0.496 e. The summed E-state index contributed by atoms with van der Waals surface area (Å²) < 4.78 is 20.0. The highest BCUT2D eigenvalue weighted by atomic mass is 19.1. The van der Waals surface area contributed by atoms with Crippen molar-refractivity contribution in [3.8, 4) is 34.3 Å². The van der Waals surface area contributed by atoms with Crippen molar-refractivity contribution < 1.29 is 19.0 Å². The first kappa shape index (κ1) is 27.3. The number of anilines is 2. The first-order valence-corrected chi connectivity index (χ1v) is 13.5. The Morgan fingerprint density at radius 3 is 2.83 bits per heavy atom. The molecule has 2 aromatic carbocycles. The molecule has 0 spiro atoms. The number of nitrogens with two attached hydrogens (primary N) is 1. The lowest BCUT2D eigenvalue weighted by Crippen LogP contribution is -2.41. The smallest absolute Gasteiger partial charge is 0.274 e. The SMILES string of the molecule is COc1cccc(F)c1-c1nccc(C(=O)Nc2ccc(-c3cnccc3C#N)cc2N2C[C@@H](N)C[C@H]2C2(O)CC2)n1. The molecule has 0 radical (unpaired) electrons. The maximum atomic E-state index is 14.7. The van der Waals surface area contributed by atoms with E-state index >= 15 is 0 Å². The lowest BCUT2D eigenvalue weighted by atomic mass is 10.00. The van der Waals surface area contributed by atoms with E-state index < -0.39 is 17.3 Å². The van der Waals surface area contributed by atoms with Crippen molar-refractivity contribution in [3.63, 3.8) is 0 Å². The number of aliphatic hydroxyl groups is 1. The number of amides is 1. The first-order chi connectivity index (χ1) is 20.3. The van der Waals surface area contributed by atoms with Gasteiger partial charge in [0.05, 0.1) is 47.3 Å². The third-order valence-electron chi connectivity index (χ3n) is 7.83. The zero-order chi connectivity index (χ0) is 29.4. The molecule has 42 heavy (non-hydrogen) atoms. The molecule has 1 saturated heterocycles. The summed E-state index contributed by atoms with van der Waals surface area (Å²) in [6.45, 7) is 0.474. The number of nitriles is 1. The average molecular weight is 566 g/mol. The number of nitrogens with one attached hydrogen (secondary N) is 1. The van der Waals surface area contributed by atoms with Crippen molar-refractivity contribution in [2.75, 3.05) is 23.9 Å². The number of ether oxygens (including phenoxy) is 1. The molecule has 0 bridgehead atoms. The molecule has 1 saturated carbocycles. The van der Waals surface area contributed by atoms with Gasteiger partial charge in [-0.25, -0.2) is 14.4 Å². The van der Waals surface area contributed by atoms with E-state index in [1.54, 1.807) is 36.7 Å². The number of halogens is 1. The summed E-state index contributed by atoms with van der Waals surface area (Å²) in [7, 11) is 1.42. The highest BCUT2D eigenvalue weighted by molar-refractivity contribution is 6.05. The molecule has 1 amide bonds. The molecule has 3 heterocycles. The molecule has 1 aliphatic carbocycles. The predicted octanol–water partition coefficient (Wildman–Crippen LogP) is 3.91. The Morgan fingerprint density at radius 1 is 1.24 bits per heavy atom. The molecular formula is C31H28FN7O3. The highest BCUT2D eigenvalue weighted by Crippen LogP contribution is 2.47. The Hall–Kier alpha value is -4.92. The number of methoxy groups -OCH3 is 1. The largest absolute Gasteiger partial charge is 0.496 e. The summed E-state index contributed by atoms with van der Waals surface area (Å²) in [5.41, 5.74) is 8.55. The van der Waals surface area contributed by atoms with E-state index in [9.17, 15) is 19.6 Å². The monoisotopic (exact) mass is 565 g/mol. The van der Waals surface area contributed by atoms with E-state index in [1.165, 1.54) is 31.5 Å². The Morgan fingerprint density at radius 2 is 2.07 bits per heavy atom. The quantitative estimate of drug-likeness (QED) is 0.303. The molecule has 11 heteroatoms. The molecule has 1 aliphatic heterocycles. The summed E-state index contributed by atoms with van der Waals surface area (Å²) in [4.78, 5) is 28.3. The molecule has 4 N–H and O–H groups in total. The fourth-order valence-corrected chi connectivity index (χ4v) is 5.55. The van der Waals surface area contributed by atoms with E-state index in [-0.39, 0.29) is 34.9 Å². The Labute approximate surface area is 241 Å². The number of aromatic nitrogens is 3. The topological polar surface area (TPSA) is 150 Å². The Bertz CT molecular complexity index is 1720. The van der Waals surface area contributed by atoms with Gasteiger partial charge in [-0.2, -0.15) is 5.26 Å². The van der Waals surface area contributed by atoms with E-state index in [4.69, 9.17) is 10.5 Å². The molecule has 0 unspecified atom stereocenters. The molecule has 10 nitrogen and oxygen atoms in total. The molecule has 2 aliphatic rings. The van der Waals surface area contributed by atoms with Crippen LogP contribution in [0.4, 0.5) is 15.8 Å². The number of nitrogens with zero attached hydrogens (tertiary/aromatic N) is 5. The van der Waals surface area contributed by atoms with Gasteiger partial charge in [-0.1, -0.05) is 12.1 Å². The van der Waals surface area contributed by atoms with Crippen molar-refractivity contribution in [2.45, 2.75) is 36.9 Å². The normalized spacial score (nSPS) is 18.8. The van der Waals surface area contributed by atoms with Crippen molar-refractivity contribution >= 4 is 17.3 Å². The van der Waals surface area contributed by atoms with Gasteiger partial charge < -0.3 is 25.8 Å². The average Bonchev–Trinajstić information content (AvgIpc) is 3.64. The fraction of sp³-hybridized carbons (Fsp3) is 0.258. The summed E-state index contributed by atoms with van der Waals surface area (Å²) in [6, 6.07) is 14.7. The highest BCUT2D eigenvalue weighted by Gasteiger charge is 2.53. The van der Waals surface area contributed by atoms with Gasteiger partial charge in [0.25, 0.3) is 5.91 Å². The lowest BCUT2D eigenvalue weighted by molar-refractivity contribution is 0.102. The summed E-state index contributed by atoms with van der Waals surface area (Å²) in [5, 5.41) is 23.7. The maximum Gasteiger partial charge on any atom is 0.274 e. The number of carbonyl (C=O) groups is 1. The second-order valence-electron chi connectivity index (χ2n) is 10.6. The van der Waals surface area contributed by atoms with E-state index in [1.807, 2.05) is 11.0 Å². The van der Waals surface area contributed by atoms with Crippen LogP contribution in [-0.4, -0.2) is 57.3 Å². The molecule has 4 aromatic rings. The Kier molecular flexibility index (Phi) is 7.02. The number of carbonyl (C=O) groups excluding carboxylic acids is 1. The van der Waals surface area contributed by atoms with Crippen LogP contribution in [0.15, 0.2) is 67.1 Å². The van der Waals surface area contributed by atoms with Gasteiger partial charge in [-0.15, -0.1) is 0 Å². The second-order valence-corrected chi connectivity index (χ2v) is 10.6. The third-order valence-corrected chi connectivity index (χ3v) is 7.83. The van der Waals surface area contributed by atoms with E-state index in [0.29, 0.717) is 48.3 Å². The maximum absolute atomic E-state index is 14.7. The van der Waals surface area contributed by atoms with E-state index in [2.05, 4.69) is 26.3 Å². The van der Waals surface area contributed by atoms with Gasteiger partial charge in [0.15, 0.2) is 5.82 Å². The third kappa shape index (κ3) is 5.02. The van der Waals surface area contributed by atoms with Crippen LogP contribution < -0.4 is 20.7 Å². The Balaban J connectivity index is 1.39. The number of benzene rings is 2. The molecule has 2 atom stereocenters. The summed E-state index contributed by atoms with van der Waals surface area (Å²) >= 11 is 0. The predicted molar refractivity (Wildman–Crippen MR) is 154 cm³/mol. The van der Waals surface area contributed by atoms with Crippen molar-refractivity contribution in [2.24, 2.45) is 5.73 Å². The van der Waals surface area contributed by atoms with Gasteiger partial charge in [-0.3, -0.25) is 9.78 Å². The minimum absolute atomic E-state index is 0.00955. The fourth-order valence-electron chi connectivity index (χ4n) is 5.55. The van der Waals surface area contributed by atoms with Crippen LogP contribution in [0.5, 0.6) is 5.75 Å². The summed E-state index contributed by atoms with van der Waals surface area (Å²) in [6.07, 6.45) is 6.51. The second kappa shape index (κ2) is 10.8. The number of hydrogen-bond donors (Lipinski definition) is 3. The zero-order valence-corrected chi connectivity index (χ0v) is 22.8. The van der Waals surface area contributed by atoms with Crippen LogP contribution in [-0.2, 0) is 0 Å². The molecular weight excluding hydrogens is 537 g/mol. The van der Waals surface area contributed by atoms with Gasteiger partial charge in [0, 0.05) is 36.7 Å². The van der Waals surface area contributed by atoms with Crippen LogP contribution in [0.1, 0.15) is 35.3 Å². The summed E-state index contributed by atoms with van der Waals surface area (Å²) in [5.74, 6) is -0.860. The van der Waals surface area contributed by atoms with Crippen LogP contribution in [0.25, 0.3) is 22.5 Å². The van der Waals surface area contributed by atoms with Crippen LogP contribution in [0.3, 0.4) is 0 Å². The van der Waals surface area contributed by atoms with Gasteiger partial charge >= 0.3 is 0 Å². The molecule has 212 valence electrons. The van der Waals surface area contributed by atoms with Crippen molar-refractivity contribution in [1.29, 1.82) is 5.26 Å². The molecule has 2 fully saturated rings. The van der Waals surface area contributed by atoms with Gasteiger partial charge in [0.2, 0.25) is 0 Å². The molecule has 6 rings (SSSR count). The van der Waals surface area contributed by atoms with Crippen LogP contribution >= 0.6 is 0 Å². The standard InChI is InChI=1S/C31H28FN7O3/c1-42-26-4-2-3-22(32)28(26)29-36-12-8-24(37-29)30(40)38-23-6-5-18(21-16-35-11-7-19(21)15-33)13-25(23)39-17-20(34)14-27(39)31(41)9-10-31/h2-8,11-13,16,20,27,41H,9-10,14,17,34H2,1H3,(H,38,40)/t20-,27-/m0/s1. The van der Waals surface area contributed by atoms with Gasteiger partial charge in [0.1, 0.15) is 17.3 Å². The number of hydrogen-bond acceptors (Lipinski definition) is 9. The van der Waals surface area contributed by atoms with Gasteiger partial charge in [-0.05, 0) is 61.2 Å². The molecule has 2 aromatic heterocycles. The van der Waals surface area contributed by atoms with Crippen molar-refractivity contribution in [3.05, 3.63) is 84.2 Å². The van der Waals surface area contributed by atoms with Crippen LogP contribution in [0.2, 0.25) is 0 Å². The first-order valence-electron chi connectivity index (χ1n) is 13.5. The number of pyridine rings is 1. The minimum atomic E-state index is -0.849. The van der Waals surface area contributed by atoms with Crippen LogP contribution in [0, 0.1) is 17.1 Å². The zero-order valence-electron chi connectivity index (χ0n) is 22.8.